The molecule has 166 valence electrons. The second-order valence-corrected chi connectivity index (χ2v) is 8.78. The molecule has 32 heavy (non-hydrogen) atoms. The van der Waals surface area contributed by atoms with Gasteiger partial charge in [-0.2, -0.15) is 8.42 Å². The summed E-state index contributed by atoms with van der Waals surface area (Å²) >= 11 is 0. The summed E-state index contributed by atoms with van der Waals surface area (Å²) in [6, 6.07) is 10.8. The minimum atomic E-state index is -3.91. The topological polar surface area (TPSA) is 129 Å². The lowest BCUT2D eigenvalue weighted by Crippen LogP contribution is -2.22. The van der Waals surface area contributed by atoms with Gasteiger partial charge in [-0.3, -0.25) is 4.72 Å². The van der Waals surface area contributed by atoms with Gasteiger partial charge in [0, 0.05) is 42.9 Å². The molecule has 4 aromatic rings. The van der Waals surface area contributed by atoms with Crippen molar-refractivity contribution in [3.63, 3.8) is 0 Å². The Kier molecular flexibility index (Phi) is 5.49. The number of hydrogen-bond acceptors (Lipinski definition) is 6. The highest BCUT2D eigenvalue weighted by Crippen LogP contribution is 2.28. The molecule has 0 bridgehead atoms. The number of ether oxygens (including phenoxy) is 1. The molecule has 0 fully saturated rings. The molecule has 10 heteroatoms. The van der Waals surface area contributed by atoms with Crippen LogP contribution in [0.25, 0.3) is 11.0 Å². The van der Waals surface area contributed by atoms with Crippen LogP contribution in [0.4, 0.5) is 5.69 Å². The minimum absolute atomic E-state index is 0.279. The standard InChI is InChI=1S/C22H22N4O5S/c1-13-15(5-4-6-19(13)25-32(23,28)29)11-18-14(2)17-8-7-16(12-20(17)31-21(18)27)30-22-24-9-10-26(22)3/h4-10,12,25H,11H2,1-3H3,(H2,23,28,29). The molecule has 3 N–H and O–H groups in total. The zero-order chi connectivity index (χ0) is 23.0. The first-order chi connectivity index (χ1) is 15.1. The van der Waals surface area contributed by atoms with Crippen molar-refractivity contribution in [3.8, 4) is 11.8 Å². The molecule has 0 spiro atoms. The summed E-state index contributed by atoms with van der Waals surface area (Å²) < 4.78 is 38.2. The number of imidazole rings is 1. The van der Waals surface area contributed by atoms with E-state index >= 15 is 0 Å². The number of rotatable bonds is 6. The van der Waals surface area contributed by atoms with Gasteiger partial charge in [-0.1, -0.05) is 12.1 Å². The lowest BCUT2D eigenvalue weighted by Gasteiger charge is -2.13. The van der Waals surface area contributed by atoms with Gasteiger partial charge >= 0.3 is 11.6 Å². The molecule has 0 atom stereocenters. The third-order valence-electron chi connectivity index (χ3n) is 5.31. The van der Waals surface area contributed by atoms with Crippen LogP contribution in [0.5, 0.6) is 11.8 Å². The summed E-state index contributed by atoms with van der Waals surface area (Å²) in [7, 11) is -2.09. The van der Waals surface area contributed by atoms with Crippen LogP contribution in [0, 0.1) is 13.8 Å². The summed E-state index contributed by atoms with van der Waals surface area (Å²) in [4.78, 5) is 16.9. The molecular formula is C22H22N4O5S. The lowest BCUT2D eigenvalue weighted by atomic mass is 9.96. The van der Waals surface area contributed by atoms with Gasteiger partial charge in [0.2, 0.25) is 0 Å². The number of aromatic nitrogens is 2. The van der Waals surface area contributed by atoms with Gasteiger partial charge in [0.05, 0.1) is 5.69 Å². The number of benzene rings is 2. The van der Waals surface area contributed by atoms with E-state index in [2.05, 4.69) is 9.71 Å². The van der Waals surface area contributed by atoms with Crippen molar-refractivity contribution >= 4 is 26.9 Å². The predicted molar refractivity (Wildman–Crippen MR) is 121 cm³/mol. The van der Waals surface area contributed by atoms with E-state index in [0.29, 0.717) is 34.2 Å². The van der Waals surface area contributed by atoms with Crippen molar-refractivity contribution in [2.45, 2.75) is 20.3 Å². The second-order valence-electron chi connectivity index (χ2n) is 7.49. The lowest BCUT2D eigenvalue weighted by molar-refractivity contribution is 0.424. The molecular weight excluding hydrogens is 432 g/mol. The SMILES string of the molecule is Cc1c(Cc2c(C)c3ccc(Oc4nccn4C)cc3oc2=O)cccc1NS(N)(=O)=O. The van der Waals surface area contributed by atoms with Crippen LogP contribution in [0.15, 0.2) is 58.0 Å². The Morgan fingerprint density at radius 3 is 2.66 bits per heavy atom. The molecule has 0 aliphatic rings. The molecule has 2 heterocycles. The third kappa shape index (κ3) is 4.36. The van der Waals surface area contributed by atoms with Gasteiger partial charge in [-0.05, 0) is 48.7 Å². The van der Waals surface area contributed by atoms with Gasteiger partial charge in [0.25, 0.3) is 10.2 Å². The summed E-state index contributed by atoms with van der Waals surface area (Å²) in [5.41, 5.74) is 3.04. The minimum Gasteiger partial charge on any atom is -0.425 e. The van der Waals surface area contributed by atoms with Crippen LogP contribution in [0.3, 0.4) is 0 Å². The Hall–Kier alpha value is -3.63. The number of fused-ring (bicyclic) bond motifs is 1. The van der Waals surface area contributed by atoms with Gasteiger partial charge in [-0.15, -0.1) is 0 Å². The number of nitrogens with zero attached hydrogens (tertiary/aromatic N) is 2. The van der Waals surface area contributed by atoms with Crippen molar-refractivity contribution in [1.82, 2.24) is 9.55 Å². The number of nitrogens with one attached hydrogen (secondary N) is 1. The first kappa shape index (κ1) is 21.6. The first-order valence-corrected chi connectivity index (χ1v) is 11.3. The third-order valence-corrected chi connectivity index (χ3v) is 5.81. The van der Waals surface area contributed by atoms with E-state index in [4.69, 9.17) is 14.3 Å². The Labute approximate surface area is 184 Å². The van der Waals surface area contributed by atoms with Crippen LogP contribution < -0.4 is 20.2 Å². The zero-order valence-corrected chi connectivity index (χ0v) is 18.6. The van der Waals surface area contributed by atoms with Crippen molar-refractivity contribution in [2.75, 3.05) is 4.72 Å². The highest BCUT2D eigenvalue weighted by atomic mass is 32.2. The van der Waals surface area contributed by atoms with Crippen LogP contribution in [-0.4, -0.2) is 18.0 Å². The van der Waals surface area contributed by atoms with E-state index in [0.717, 1.165) is 16.5 Å². The fraction of sp³-hybridized carbons (Fsp3) is 0.182. The Bertz CT molecular complexity index is 1490. The Morgan fingerprint density at radius 1 is 1.19 bits per heavy atom. The van der Waals surface area contributed by atoms with Crippen molar-refractivity contribution in [1.29, 1.82) is 0 Å². The molecule has 0 saturated heterocycles. The summed E-state index contributed by atoms with van der Waals surface area (Å²) in [5.74, 6) is 0.500. The molecule has 0 saturated carbocycles. The molecule has 2 aromatic heterocycles. The number of hydrogen-bond donors (Lipinski definition) is 2. The van der Waals surface area contributed by atoms with Crippen LogP contribution in [0.1, 0.15) is 22.3 Å². The maximum atomic E-state index is 12.8. The summed E-state index contributed by atoms with van der Waals surface area (Å²) in [6.07, 6.45) is 3.67. The highest BCUT2D eigenvalue weighted by Gasteiger charge is 2.16. The van der Waals surface area contributed by atoms with Gasteiger partial charge in [0.15, 0.2) is 0 Å². The smallest absolute Gasteiger partial charge is 0.340 e. The fourth-order valence-corrected chi connectivity index (χ4v) is 4.05. The van der Waals surface area contributed by atoms with Gasteiger partial charge < -0.3 is 13.7 Å². The van der Waals surface area contributed by atoms with Crippen LogP contribution in [0.2, 0.25) is 0 Å². The molecule has 0 aliphatic heterocycles. The van der Waals surface area contributed by atoms with E-state index < -0.39 is 15.8 Å². The molecule has 2 aromatic carbocycles. The predicted octanol–water partition coefficient (Wildman–Crippen LogP) is 3.14. The van der Waals surface area contributed by atoms with Gasteiger partial charge in [0.1, 0.15) is 11.3 Å². The molecule has 0 unspecified atom stereocenters. The highest BCUT2D eigenvalue weighted by molar-refractivity contribution is 7.90. The second kappa shape index (κ2) is 8.13. The molecule has 0 aliphatic carbocycles. The normalized spacial score (nSPS) is 11.6. The maximum absolute atomic E-state index is 12.8. The summed E-state index contributed by atoms with van der Waals surface area (Å²) in [6.45, 7) is 3.62. The van der Waals surface area contributed by atoms with Crippen molar-refractivity contribution in [3.05, 3.63) is 81.5 Å². The van der Waals surface area contributed by atoms with E-state index in [1.165, 1.54) is 0 Å². The fourth-order valence-electron chi connectivity index (χ4n) is 3.53. The Balaban J connectivity index is 1.70. The van der Waals surface area contributed by atoms with E-state index in [1.54, 1.807) is 48.1 Å². The average molecular weight is 455 g/mol. The molecule has 0 radical (unpaired) electrons. The molecule has 0 amide bonds. The van der Waals surface area contributed by atoms with Crippen LogP contribution in [-0.2, 0) is 23.7 Å². The quantitative estimate of drug-likeness (QED) is 0.431. The van der Waals surface area contributed by atoms with Crippen molar-refractivity contribution in [2.24, 2.45) is 12.2 Å². The Morgan fingerprint density at radius 2 is 1.97 bits per heavy atom. The average Bonchev–Trinajstić information content (AvgIpc) is 3.11. The van der Waals surface area contributed by atoms with Crippen molar-refractivity contribution < 1.29 is 17.6 Å². The van der Waals surface area contributed by atoms with E-state index in [1.807, 2.05) is 26.1 Å². The molecule has 4 rings (SSSR count). The summed E-state index contributed by atoms with van der Waals surface area (Å²) in [5, 5.41) is 5.87. The van der Waals surface area contributed by atoms with E-state index in [-0.39, 0.29) is 6.42 Å². The number of anilines is 1. The monoisotopic (exact) mass is 454 g/mol. The van der Waals surface area contributed by atoms with Crippen LogP contribution >= 0.6 is 0 Å². The van der Waals surface area contributed by atoms with Gasteiger partial charge in [-0.25, -0.2) is 14.9 Å². The largest absolute Gasteiger partial charge is 0.425 e. The molecule has 9 nitrogen and oxygen atoms in total. The maximum Gasteiger partial charge on any atom is 0.340 e. The number of nitrogens with two attached hydrogens (primary N) is 1. The van der Waals surface area contributed by atoms with E-state index in [9.17, 15) is 13.2 Å². The zero-order valence-electron chi connectivity index (χ0n) is 17.7. The first-order valence-electron chi connectivity index (χ1n) is 9.73. The number of aryl methyl sites for hydroxylation is 2.